The van der Waals surface area contributed by atoms with E-state index in [2.05, 4.69) is 5.32 Å². The van der Waals surface area contributed by atoms with Gasteiger partial charge in [-0.3, -0.25) is 0 Å². The van der Waals surface area contributed by atoms with Crippen LogP contribution in [0.25, 0.3) is 10.1 Å². The van der Waals surface area contributed by atoms with E-state index in [0.717, 1.165) is 21.4 Å². The molecule has 0 saturated carbocycles. The molecule has 112 valence electrons. The summed E-state index contributed by atoms with van der Waals surface area (Å²) in [6.07, 6.45) is 4.74. The normalized spacial score (nSPS) is 16.6. The second-order valence-electron chi connectivity index (χ2n) is 5.00. The Morgan fingerprint density at radius 2 is 2.10 bits per heavy atom. The van der Waals surface area contributed by atoms with E-state index in [-0.39, 0.29) is 0 Å². The Morgan fingerprint density at radius 3 is 2.81 bits per heavy atom. The first-order valence-electron chi connectivity index (χ1n) is 6.95. The first kappa shape index (κ1) is 14.7. The molecule has 0 unspecified atom stereocenters. The van der Waals surface area contributed by atoms with E-state index in [1.165, 1.54) is 0 Å². The van der Waals surface area contributed by atoms with E-state index in [1.807, 2.05) is 43.5 Å². The zero-order chi connectivity index (χ0) is 14.9. The van der Waals surface area contributed by atoms with Gasteiger partial charge in [0.25, 0.3) is 0 Å². The van der Waals surface area contributed by atoms with Gasteiger partial charge in [0.2, 0.25) is 10.0 Å². The van der Waals surface area contributed by atoms with E-state index in [4.69, 9.17) is 0 Å². The molecular weight excluding hydrogens is 304 g/mol. The Bertz CT molecular complexity index is 778. The minimum Gasteiger partial charge on any atom is -0.315 e. The molecular formula is C15H18N2O2S2. The van der Waals surface area contributed by atoms with Gasteiger partial charge in [0.1, 0.15) is 4.90 Å². The number of fused-ring (bicyclic) bond motifs is 1. The van der Waals surface area contributed by atoms with Crippen molar-refractivity contribution in [3.05, 3.63) is 41.3 Å². The topological polar surface area (TPSA) is 49.4 Å². The van der Waals surface area contributed by atoms with Gasteiger partial charge in [-0.25, -0.2) is 8.42 Å². The summed E-state index contributed by atoms with van der Waals surface area (Å²) < 4.78 is 28.6. The SMILES string of the molecule is CNCc1sc2ccccc2c1S(=O)(=O)N1CC=CCC1. The van der Waals surface area contributed by atoms with Crippen molar-refractivity contribution in [1.82, 2.24) is 9.62 Å². The van der Waals surface area contributed by atoms with Crippen LogP contribution in [0.1, 0.15) is 11.3 Å². The Kier molecular flexibility index (Phi) is 4.12. The summed E-state index contributed by atoms with van der Waals surface area (Å²) >= 11 is 1.55. The lowest BCUT2D eigenvalue weighted by atomic mass is 10.2. The minimum atomic E-state index is -3.45. The molecule has 1 N–H and O–H groups in total. The summed E-state index contributed by atoms with van der Waals surface area (Å²) in [6, 6.07) is 7.72. The number of hydrogen-bond acceptors (Lipinski definition) is 4. The predicted octanol–water partition coefficient (Wildman–Crippen LogP) is 2.57. The van der Waals surface area contributed by atoms with E-state index >= 15 is 0 Å². The number of nitrogens with one attached hydrogen (secondary N) is 1. The molecule has 2 aromatic rings. The maximum atomic E-state index is 13.0. The van der Waals surface area contributed by atoms with Gasteiger partial charge in [-0.05, 0) is 19.5 Å². The molecule has 21 heavy (non-hydrogen) atoms. The third kappa shape index (κ3) is 2.64. The third-order valence-electron chi connectivity index (χ3n) is 3.57. The zero-order valence-electron chi connectivity index (χ0n) is 11.9. The lowest BCUT2D eigenvalue weighted by Gasteiger charge is -2.23. The molecule has 0 saturated heterocycles. The number of benzene rings is 1. The fourth-order valence-electron chi connectivity index (χ4n) is 2.60. The number of hydrogen-bond donors (Lipinski definition) is 1. The van der Waals surface area contributed by atoms with Crippen molar-refractivity contribution in [1.29, 1.82) is 0 Å². The van der Waals surface area contributed by atoms with Crippen molar-refractivity contribution in [2.24, 2.45) is 0 Å². The van der Waals surface area contributed by atoms with E-state index in [9.17, 15) is 8.42 Å². The summed E-state index contributed by atoms with van der Waals surface area (Å²) in [6.45, 7) is 1.59. The van der Waals surface area contributed by atoms with Crippen molar-refractivity contribution in [3.63, 3.8) is 0 Å². The van der Waals surface area contributed by atoms with E-state index in [0.29, 0.717) is 24.5 Å². The van der Waals surface area contributed by atoms with Crippen LogP contribution in [0.15, 0.2) is 41.3 Å². The van der Waals surface area contributed by atoms with Gasteiger partial charge in [0, 0.05) is 34.6 Å². The average molecular weight is 322 g/mol. The Labute approximate surface area is 129 Å². The minimum absolute atomic E-state index is 0.464. The molecule has 2 heterocycles. The van der Waals surface area contributed by atoms with Crippen LogP contribution in [-0.2, 0) is 16.6 Å². The summed E-state index contributed by atoms with van der Waals surface area (Å²) in [5, 5.41) is 3.91. The molecule has 1 aliphatic rings. The molecule has 0 bridgehead atoms. The van der Waals surface area contributed by atoms with Gasteiger partial charge < -0.3 is 5.32 Å². The first-order valence-corrected chi connectivity index (χ1v) is 9.20. The van der Waals surface area contributed by atoms with Crippen molar-refractivity contribution in [2.75, 3.05) is 20.1 Å². The molecule has 6 heteroatoms. The average Bonchev–Trinajstić information content (AvgIpc) is 2.87. The summed E-state index contributed by atoms with van der Waals surface area (Å²) in [5.74, 6) is 0. The fraction of sp³-hybridized carbons (Fsp3) is 0.333. The molecule has 4 nitrogen and oxygen atoms in total. The Balaban J connectivity index is 2.17. The van der Waals surface area contributed by atoms with Crippen LogP contribution in [0, 0.1) is 0 Å². The van der Waals surface area contributed by atoms with Gasteiger partial charge in [0.05, 0.1) is 0 Å². The maximum absolute atomic E-state index is 13.0. The van der Waals surface area contributed by atoms with Crippen LogP contribution in [0.4, 0.5) is 0 Å². The quantitative estimate of drug-likeness (QED) is 0.880. The standard InChI is InChI=1S/C15H18N2O2S2/c1-16-11-14-15(12-7-3-4-8-13(12)20-14)21(18,19)17-9-5-2-6-10-17/h2-5,7-8,16H,6,9-11H2,1H3. The summed E-state index contributed by atoms with van der Waals surface area (Å²) in [4.78, 5) is 1.36. The molecule has 0 amide bonds. The number of thiophene rings is 1. The smallest absolute Gasteiger partial charge is 0.245 e. The van der Waals surface area contributed by atoms with E-state index in [1.54, 1.807) is 15.6 Å². The van der Waals surface area contributed by atoms with Crippen LogP contribution in [0.5, 0.6) is 0 Å². The lowest BCUT2D eigenvalue weighted by molar-refractivity contribution is 0.438. The highest BCUT2D eigenvalue weighted by Crippen LogP contribution is 2.36. The number of nitrogens with zero attached hydrogens (tertiary/aromatic N) is 1. The second kappa shape index (κ2) is 5.88. The van der Waals surface area contributed by atoms with Gasteiger partial charge in [0.15, 0.2) is 0 Å². The molecule has 3 rings (SSSR count). The summed E-state index contributed by atoms with van der Waals surface area (Å²) in [7, 11) is -1.61. The zero-order valence-corrected chi connectivity index (χ0v) is 13.5. The lowest BCUT2D eigenvalue weighted by Crippen LogP contribution is -2.34. The van der Waals surface area contributed by atoms with Gasteiger partial charge >= 0.3 is 0 Å². The van der Waals surface area contributed by atoms with Crippen LogP contribution in [-0.4, -0.2) is 32.9 Å². The van der Waals surface area contributed by atoms with Crippen LogP contribution < -0.4 is 5.32 Å². The molecule has 0 spiro atoms. The molecule has 0 atom stereocenters. The fourth-order valence-corrected chi connectivity index (χ4v) is 5.92. The molecule has 1 aliphatic heterocycles. The van der Waals surface area contributed by atoms with Crippen molar-refractivity contribution in [3.8, 4) is 0 Å². The highest BCUT2D eigenvalue weighted by molar-refractivity contribution is 7.89. The first-order chi connectivity index (χ1) is 10.1. The van der Waals surface area contributed by atoms with Crippen LogP contribution in [0.3, 0.4) is 0 Å². The third-order valence-corrected chi connectivity index (χ3v) is 6.87. The van der Waals surface area contributed by atoms with E-state index < -0.39 is 10.0 Å². The van der Waals surface area contributed by atoms with Gasteiger partial charge in [-0.2, -0.15) is 4.31 Å². The largest absolute Gasteiger partial charge is 0.315 e. The van der Waals surface area contributed by atoms with Crippen LogP contribution >= 0.6 is 11.3 Å². The Morgan fingerprint density at radius 1 is 1.29 bits per heavy atom. The van der Waals surface area contributed by atoms with Crippen LogP contribution in [0.2, 0.25) is 0 Å². The van der Waals surface area contributed by atoms with Crippen molar-refractivity contribution < 1.29 is 8.42 Å². The van der Waals surface area contributed by atoms with Crippen molar-refractivity contribution >= 4 is 31.4 Å². The van der Waals surface area contributed by atoms with Crippen molar-refractivity contribution in [2.45, 2.75) is 17.9 Å². The van der Waals surface area contributed by atoms with Gasteiger partial charge in [-0.1, -0.05) is 30.4 Å². The highest BCUT2D eigenvalue weighted by Gasteiger charge is 2.30. The summed E-state index contributed by atoms with van der Waals surface area (Å²) in [5.41, 5.74) is 0. The number of rotatable bonds is 4. The molecule has 1 aromatic carbocycles. The highest BCUT2D eigenvalue weighted by atomic mass is 32.2. The molecule has 0 radical (unpaired) electrons. The molecule has 0 aliphatic carbocycles. The monoisotopic (exact) mass is 322 g/mol. The number of sulfonamides is 1. The maximum Gasteiger partial charge on any atom is 0.245 e. The molecule has 0 fully saturated rings. The predicted molar refractivity (Wildman–Crippen MR) is 87.1 cm³/mol. The second-order valence-corrected chi connectivity index (χ2v) is 8.02. The molecule has 1 aromatic heterocycles. The van der Waals surface area contributed by atoms with Gasteiger partial charge in [-0.15, -0.1) is 11.3 Å². The Hall–Kier alpha value is -1.21.